The van der Waals surface area contributed by atoms with Crippen molar-refractivity contribution in [2.75, 3.05) is 6.61 Å². The fourth-order valence-electron chi connectivity index (χ4n) is 4.63. The maximum absolute atomic E-state index is 12.5. The third-order valence-electron chi connectivity index (χ3n) is 6.37. The number of carbonyl (C=O) groups excluding carboxylic acids is 2. The number of carbonyl (C=O) groups is 3. The molecule has 3 N–H and O–H groups in total. The van der Waals surface area contributed by atoms with E-state index >= 15 is 0 Å². The van der Waals surface area contributed by atoms with E-state index in [0.29, 0.717) is 19.3 Å². The second-order valence-electron chi connectivity index (χ2n) is 8.48. The second-order valence-corrected chi connectivity index (χ2v) is 8.48. The summed E-state index contributed by atoms with van der Waals surface area (Å²) in [6, 6.07) is 15.0. The minimum Gasteiger partial charge on any atom is -0.480 e. The molecule has 33 heavy (non-hydrogen) atoms. The number of carboxylic acid groups (broad SMARTS) is 1. The zero-order valence-electron chi connectivity index (χ0n) is 18.5. The highest BCUT2D eigenvalue weighted by molar-refractivity contribution is 5.85. The highest BCUT2D eigenvalue weighted by Gasteiger charge is 2.31. The van der Waals surface area contributed by atoms with Gasteiger partial charge in [0.15, 0.2) is 0 Å². The van der Waals surface area contributed by atoms with Gasteiger partial charge in [-0.05, 0) is 41.5 Å². The van der Waals surface area contributed by atoms with Crippen LogP contribution < -0.4 is 10.6 Å². The summed E-state index contributed by atoms with van der Waals surface area (Å²) < 4.78 is 5.59. The molecular formula is C26H28N2O5. The molecule has 2 aliphatic carbocycles. The van der Waals surface area contributed by atoms with Crippen LogP contribution in [0.3, 0.4) is 0 Å². The number of benzene rings is 2. The van der Waals surface area contributed by atoms with Gasteiger partial charge >= 0.3 is 12.1 Å². The average Bonchev–Trinajstić information content (AvgIpc) is 3.14. The minimum atomic E-state index is -1.05. The highest BCUT2D eigenvalue weighted by Crippen LogP contribution is 2.44. The van der Waals surface area contributed by atoms with Crippen LogP contribution in [0.5, 0.6) is 0 Å². The van der Waals surface area contributed by atoms with Crippen molar-refractivity contribution >= 4 is 18.0 Å². The Hall–Kier alpha value is -3.61. The normalized spacial score (nSPS) is 19.8. The zero-order valence-corrected chi connectivity index (χ0v) is 18.5. The Morgan fingerprint density at radius 2 is 1.70 bits per heavy atom. The van der Waals surface area contributed by atoms with Gasteiger partial charge in [0.05, 0.1) is 6.04 Å². The van der Waals surface area contributed by atoms with Gasteiger partial charge in [-0.25, -0.2) is 9.59 Å². The van der Waals surface area contributed by atoms with E-state index in [1.54, 1.807) is 6.92 Å². The van der Waals surface area contributed by atoms with Gasteiger partial charge in [0.25, 0.3) is 0 Å². The van der Waals surface area contributed by atoms with E-state index in [9.17, 15) is 14.4 Å². The van der Waals surface area contributed by atoms with E-state index in [0.717, 1.165) is 22.3 Å². The summed E-state index contributed by atoms with van der Waals surface area (Å²) in [7, 11) is 0. The van der Waals surface area contributed by atoms with Crippen molar-refractivity contribution in [2.24, 2.45) is 5.92 Å². The Morgan fingerprint density at radius 3 is 2.30 bits per heavy atom. The lowest BCUT2D eigenvalue weighted by atomic mass is 9.90. The van der Waals surface area contributed by atoms with Gasteiger partial charge in [-0.2, -0.15) is 0 Å². The standard InChI is InChI=1S/C26H28N2O5/c1-2-23(25(30)31)28-24(29)16-8-7-9-17(14-16)27-26(32)33-15-22-20-12-5-3-10-18(20)19-11-4-6-13-21(19)22/h3-7,9-13,16-17,22-23H,2,8,14-15H2,1H3,(H,27,32)(H,28,29)(H,30,31)/t16-,17-,23+/m1/s1. The number of aliphatic carboxylic acids is 1. The number of carboxylic acids is 1. The number of nitrogens with one attached hydrogen (secondary N) is 2. The van der Waals surface area contributed by atoms with E-state index in [2.05, 4.69) is 34.9 Å². The van der Waals surface area contributed by atoms with Gasteiger partial charge in [-0.3, -0.25) is 4.79 Å². The van der Waals surface area contributed by atoms with Crippen LogP contribution in [0.25, 0.3) is 11.1 Å². The quantitative estimate of drug-likeness (QED) is 0.558. The molecule has 0 heterocycles. The number of rotatable bonds is 7. The van der Waals surface area contributed by atoms with E-state index in [1.807, 2.05) is 36.4 Å². The smallest absolute Gasteiger partial charge is 0.407 e. The number of allylic oxidation sites excluding steroid dienone is 1. The number of ether oxygens (including phenoxy) is 1. The van der Waals surface area contributed by atoms with E-state index in [4.69, 9.17) is 9.84 Å². The molecule has 0 aromatic heterocycles. The first-order chi connectivity index (χ1) is 16.0. The minimum absolute atomic E-state index is 0.0226. The molecule has 0 aliphatic heterocycles. The van der Waals surface area contributed by atoms with Crippen molar-refractivity contribution in [3.63, 3.8) is 0 Å². The van der Waals surface area contributed by atoms with E-state index in [-0.39, 0.29) is 24.5 Å². The highest BCUT2D eigenvalue weighted by atomic mass is 16.5. The van der Waals surface area contributed by atoms with Gasteiger partial charge < -0.3 is 20.5 Å². The number of alkyl carbamates (subject to hydrolysis) is 1. The lowest BCUT2D eigenvalue weighted by Crippen LogP contribution is -2.46. The lowest BCUT2D eigenvalue weighted by Gasteiger charge is -2.26. The molecular weight excluding hydrogens is 420 g/mol. The predicted octanol–water partition coefficient (Wildman–Crippen LogP) is 3.84. The molecule has 4 rings (SSSR count). The summed E-state index contributed by atoms with van der Waals surface area (Å²) in [4.78, 5) is 36.2. The third kappa shape index (κ3) is 4.92. The summed E-state index contributed by atoms with van der Waals surface area (Å²) >= 11 is 0. The molecule has 0 unspecified atom stereocenters. The molecule has 2 aromatic carbocycles. The second kappa shape index (κ2) is 9.90. The van der Waals surface area contributed by atoms with Crippen molar-refractivity contribution < 1.29 is 24.2 Å². The summed E-state index contributed by atoms with van der Waals surface area (Å²) in [6.07, 6.45) is 4.35. The van der Waals surface area contributed by atoms with Crippen LogP contribution >= 0.6 is 0 Å². The topological polar surface area (TPSA) is 105 Å². The third-order valence-corrected chi connectivity index (χ3v) is 6.37. The Kier molecular flexibility index (Phi) is 6.77. The van der Waals surface area contributed by atoms with Crippen LogP contribution in [0.15, 0.2) is 60.7 Å². The Labute approximate surface area is 192 Å². The molecule has 0 saturated carbocycles. The van der Waals surface area contributed by atoms with Gasteiger partial charge in [0, 0.05) is 11.8 Å². The molecule has 0 spiro atoms. The molecule has 2 aliphatic rings. The maximum atomic E-state index is 12.5. The predicted molar refractivity (Wildman–Crippen MR) is 124 cm³/mol. The molecule has 3 atom stereocenters. The molecule has 7 heteroatoms. The Balaban J connectivity index is 1.33. The summed E-state index contributed by atoms with van der Waals surface area (Å²) in [5.74, 6) is -1.79. The zero-order chi connectivity index (χ0) is 23.4. The molecule has 172 valence electrons. The van der Waals surface area contributed by atoms with Gasteiger partial charge in [-0.15, -0.1) is 0 Å². The molecule has 0 saturated heterocycles. The number of hydrogen-bond donors (Lipinski definition) is 3. The van der Waals surface area contributed by atoms with Crippen LogP contribution in [-0.2, 0) is 14.3 Å². The maximum Gasteiger partial charge on any atom is 0.407 e. The number of amides is 2. The fraction of sp³-hybridized carbons (Fsp3) is 0.346. The first-order valence-corrected chi connectivity index (χ1v) is 11.3. The van der Waals surface area contributed by atoms with Crippen LogP contribution in [-0.4, -0.2) is 41.8 Å². The fourth-order valence-corrected chi connectivity index (χ4v) is 4.63. The molecule has 2 aromatic rings. The molecule has 2 amide bonds. The average molecular weight is 449 g/mol. The van der Waals surface area contributed by atoms with E-state index in [1.165, 1.54) is 0 Å². The summed E-state index contributed by atoms with van der Waals surface area (Å²) in [5, 5.41) is 14.6. The van der Waals surface area contributed by atoms with Crippen LogP contribution in [0.1, 0.15) is 43.2 Å². The SMILES string of the molecule is CC[C@H](NC(=O)[C@@H]1CC=C[C@@H](NC(=O)OCC2c3ccccc3-c3ccccc32)C1)C(=O)O. The van der Waals surface area contributed by atoms with E-state index < -0.39 is 24.0 Å². The molecule has 0 bridgehead atoms. The Morgan fingerprint density at radius 1 is 1.06 bits per heavy atom. The van der Waals surface area contributed by atoms with Crippen molar-refractivity contribution in [3.8, 4) is 11.1 Å². The number of fused-ring (bicyclic) bond motifs is 3. The van der Waals surface area contributed by atoms with Gasteiger partial charge in [0.1, 0.15) is 12.6 Å². The largest absolute Gasteiger partial charge is 0.480 e. The lowest BCUT2D eigenvalue weighted by molar-refractivity contribution is -0.142. The summed E-state index contributed by atoms with van der Waals surface area (Å²) in [6.45, 7) is 1.93. The first kappa shape index (κ1) is 22.6. The summed E-state index contributed by atoms with van der Waals surface area (Å²) in [5.41, 5.74) is 4.62. The Bertz CT molecular complexity index is 1030. The monoisotopic (exact) mass is 448 g/mol. The van der Waals surface area contributed by atoms with Crippen molar-refractivity contribution in [2.45, 2.75) is 44.2 Å². The molecule has 0 fully saturated rings. The van der Waals surface area contributed by atoms with Crippen LogP contribution in [0, 0.1) is 5.92 Å². The first-order valence-electron chi connectivity index (χ1n) is 11.3. The van der Waals surface area contributed by atoms with Crippen molar-refractivity contribution in [1.82, 2.24) is 10.6 Å². The van der Waals surface area contributed by atoms with Crippen LogP contribution in [0.4, 0.5) is 4.79 Å². The van der Waals surface area contributed by atoms with Gasteiger partial charge in [0.2, 0.25) is 5.91 Å². The number of hydrogen-bond acceptors (Lipinski definition) is 4. The molecule has 0 radical (unpaired) electrons. The molecule has 7 nitrogen and oxygen atoms in total. The van der Waals surface area contributed by atoms with Crippen molar-refractivity contribution in [1.29, 1.82) is 0 Å². The van der Waals surface area contributed by atoms with Crippen molar-refractivity contribution in [3.05, 3.63) is 71.8 Å². The van der Waals surface area contributed by atoms with Crippen LogP contribution in [0.2, 0.25) is 0 Å². The van der Waals surface area contributed by atoms with Gasteiger partial charge in [-0.1, -0.05) is 67.6 Å².